The van der Waals surface area contributed by atoms with E-state index in [1.54, 1.807) is 0 Å². The van der Waals surface area contributed by atoms with E-state index in [0.29, 0.717) is 6.20 Å². The van der Waals surface area contributed by atoms with E-state index in [9.17, 15) is 18.0 Å². The second kappa shape index (κ2) is 4.12. The fraction of sp³-hybridized carbons (Fsp3) is 0.111. The average molecular weight is 216 g/mol. The summed E-state index contributed by atoms with van der Waals surface area (Å²) in [7, 11) is 0. The van der Waals surface area contributed by atoms with Gasteiger partial charge in [-0.05, 0) is 18.2 Å². The molecule has 0 radical (unpaired) electrons. The van der Waals surface area contributed by atoms with Gasteiger partial charge in [0, 0.05) is 12.3 Å². The molecule has 0 aliphatic carbocycles. The predicted molar refractivity (Wildman–Crippen MR) is 47.5 cm³/mol. The third-order valence-corrected chi connectivity index (χ3v) is 1.53. The first-order valence-corrected chi connectivity index (χ1v) is 3.90. The Kier molecular flexibility index (Phi) is 3.08. The quantitative estimate of drug-likeness (QED) is 0.763. The average Bonchev–Trinajstić information content (AvgIpc) is 2.14. The lowest BCUT2D eigenvalue weighted by molar-refractivity contribution is -0.137. The van der Waals surface area contributed by atoms with Gasteiger partial charge in [0.2, 0.25) is 5.91 Å². The lowest BCUT2D eigenvalue weighted by Gasteiger charge is -2.04. The summed E-state index contributed by atoms with van der Waals surface area (Å²) in [5.41, 5.74) is 4.21. The van der Waals surface area contributed by atoms with Crippen molar-refractivity contribution in [1.29, 1.82) is 0 Å². The zero-order valence-corrected chi connectivity index (χ0v) is 7.45. The minimum absolute atomic E-state index is 0.238. The summed E-state index contributed by atoms with van der Waals surface area (Å²) in [6.07, 6.45) is -1.45. The summed E-state index contributed by atoms with van der Waals surface area (Å²) in [6.45, 7) is 0. The molecular formula is C9H7F3N2O. The van der Waals surface area contributed by atoms with Gasteiger partial charge in [0.05, 0.1) is 11.3 Å². The molecule has 3 nitrogen and oxygen atoms in total. The van der Waals surface area contributed by atoms with Gasteiger partial charge in [0.1, 0.15) is 0 Å². The summed E-state index contributed by atoms with van der Waals surface area (Å²) in [5.74, 6) is -0.684. The van der Waals surface area contributed by atoms with Gasteiger partial charge in [-0.3, -0.25) is 9.78 Å². The molecule has 1 aromatic heterocycles. The van der Waals surface area contributed by atoms with Crippen LogP contribution in [0.25, 0.3) is 6.08 Å². The Morgan fingerprint density at radius 2 is 2.07 bits per heavy atom. The molecule has 1 rings (SSSR count). The van der Waals surface area contributed by atoms with Gasteiger partial charge in [-0.2, -0.15) is 13.2 Å². The minimum atomic E-state index is -4.40. The van der Waals surface area contributed by atoms with Gasteiger partial charge >= 0.3 is 6.18 Å². The van der Waals surface area contributed by atoms with Crippen molar-refractivity contribution < 1.29 is 18.0 Å². The molecule has 0 atom stereocenters. The molecular weight excluding hydrogens is 209 g/mol. The Balaban J connectivity index is 2.86. The standard InChI is InChI=1S/C9H7F3N2O/c10-9(11,12)6-1-2-7(14-5-6)3-4-8(13)15/h1-5H,(H2,13,15). The van der Waals surface area contributed by atoms with E-state index in [0.717, 1.165) is 18.2 Å². The molecule has 0 spiro atoms. The van der Waals surface area contributed by atoms with E-state index < -0.39 is 17.6 Å². The molecule has 0 aliphatic heterocycles. The van der Waals surface area contributed by atoms with Crippen LogP contribution in [-0.2, 0) is 11.0 Å². The fourth-order valence-corrected chi connectivity index (χ4v) is 0.839. The molecule has 0 bridgehead atoms. The minimum Gasteiger partial charge on any atom is -0.366 e. The second-order valence-electron chi connectivity index (χ2n) is 2.71. The van der Waals surface area contributed by atoms with Crippen molar-refractivity contribution in [3.05, 3.63) is 35.7 Å². The normalized spacial score (nSPS) is 11.9. The highest BCUT2D eigenvalue weighted by molar-refractivity contribution is 5.89. The number of carbonyl (C=O) groups excluding carboxylic acids is 1. The fourth-order valence-electron chi connectivity index (χ4n) is 0.839. The first kappa shape index (κ1) is 11.2. The van der Waals surface area contributed by atoms with E-state index in [2.05, 4.69) is 4.98 Å². The maximum Gasteiger partial charge on any atom is 0.417 e. The Bertz CT molecular complexity index is 381. The highest BCUT2D eigenvalue weighted by atomic mass is 19.4. The molecule has 0 saturated carbocycles. The number of alkyl halides is 3. The summed E-state index contributed by atoms with van der Waals surface area (Å²) in [5, 5.41) is 0. The molecule has 1 heterocycles. The van der Waals surface area contributed by atoms with Gasteiger partial charge in [-0.1, -0.05) is 0 Å². The van der Waals surface area contributed by atoms with E-state index in [4.69, 9.17) is 5.73 Å². The van der Waals surface area contributed by atoms with Crippen molar-refractivity contribution in [2.75, 3.05) is 0 Å². The van der Waals surface area contributed by atoms with Crippen LogP contribution in [0.3, 0.4) is 0 Å². The number of aromatic nitrogens is 1. The molecule has 0 aliphatic rings. The number of hydrogen-bond acceptors (Lipinski definition) is 2. The highest BCUT2D eigenvalue weighted by Gasteiger charge is 2.30. The Morgan fingerprint density at radius 1 is 1.40 bits per heavy atom. The van der Waals surface area contributed by atoms with Crippen LogP contribution in [0.2, 0.25) is 0 Å². The third kappa shape index (κ3) is 3.41. The number of hydrogen-bond donors (Lipinski definition) is 1. The van der Waals surface area contributed by atoms with E-state index in [1.165, 1.54) is 6.08 Å². The van der Waals surface area contributed by atoms with Gasteiger partial charge in [-0.15, -0.1) is 0 Å². The van der Waals surface area contributed by atoms with Crippen LogP contribution in [0, 0.1) is 0 Å². The smallest absolute Gasteiger partial charge is 0.366 e. The summed E-state index contributed by atoms with van der Waals surface area (Å²) < 4.78 is 36.3. The number of halogens is 3. The van der Waals surface area contributed by atoms with Crippen molar-refractivity contribution in [2.45, 2.75) is 6.18 Å². The van der Waals surface area contributed by atoms with Crippen LogP contribution in [-0.4, -0.2) is 10.9 Å². The second-order valence-corrected chi connectivity index (χ2v) is 2.71. The van der Waals surface area contributed by atoms with Crippen LogP contribution in [0.1, 0.15) is 11.3 Å². The molecule has 0 saturated heterocycles. The van der Waals surface area contributed by atoms with Gasteiger partial charge < -0.3 is 5.73 Å². The van der Waals surface area contributed by atoms with Crippen LogP contribution in [0.15, 0.2) is 24.4 Å². The lowest BCUT2D eigenvalue weighted by Crippen LogP contribution is -2.06. The largest absolute Gasteiger partial charge is 0.417 e. The number of pyridine rings is 1. The van der Waals surface area contributed by atoms with Crippen molar-refractivity contribution in [1.82, 2.24) is 4.98 Å². The monoisotopic (exact) mass is 216 g/mol. The predicted octanol–water partition coefficient (Wildman–Crippen LogP) is 1.60. The van der Waals surface area contributed by atoms with Gasteiger partial charge in [-0.25, -0.2) is 0 Å². The summed E-state index contributed by atoms with van der Waals surface area (Å²) >= 11 is 0. The summed E-state index contributed by atoms with van der Waals surface area (Å²) in [6, 6.07) is 2.04. The van der Waals surface area contributed by atoms with E-state index in [1.807, 2.05) is 0 Å². The molecule has 0 aromatic carbocycles. The Morgan fingerprint density at radius 3 is 2.47 bits per heavy atom. The molecule has 15 heavy (non-hydrogen) atoms. The Labute approximate surface area is 83.4 Å². The first-order chi connectivity index (χ1) is 6.89. The molecule has 0 fully saturated rings. The highest BCUT2D eigenvalue weighted by Crippen LogP contribution is 2.28. The molecule has 6 heteroatoms. The van der Waals surface area contributed by atoms with Crippen LogP contribution < -0.4 is 5.73 Å². The number of carbonyl (C=O) groups is 1. The van der Waals surface area contributed by atoms with Crippen LogP contribution in [0.4, 0.5) is 13.2 Å². The van der Waals surface area contributed by atoms with E-state index >= 15 is 0 Å². The molecule has 80 valence electrons. The van der Waals surface area contributed by atoms with Crippen molar-refractivity contribution in [3.63, 3.8) is 0 Å². The SMILES string of the molecule is NC(=O)C=Cc1ccc(C(F)(F)F)cn1. The molecule has 1 amide bonds. The number of amides is 1. The van der Waals surface area contributed by atoms with Gasteiger partial charge in [0.15, 0.2) is 0 Å². The lowest BCUT2D eigenvalue weighted by atomic mass is 10.2. The molecule has 2 N–H and O–H groups in total. The van der Waals surface area contributed by atoms with Crippen molar-refractivity contribution in [2.24, 2.45) is 5.73 Å². The van der Waals surface area contributed by atoms with E-state index in [-0.39, 0.29) is 5.69 Å². The van der Waals surface area contributed by atoms with Crippen LogP contribution >= 0.6 is 0 Å². The third-order valence-electron chi connectivity index (χ3n) is 1.53. The molecule has 1 aromatic rings. The number of nitrogens with two attached hydrogens (primary N) is 1. The molecule has 0 unspecified atom stereocenters. The zero-order chi connectivity index (χ0) is 11.5. The van der Waals surface area contributed by atoms with Crippen LogP contribution in [0.5, 0.6) is 0 Å². The van der Waals surface area contributed by atoms with Crippen molar-refractivity contribution in [3.8, 4) is 0 Å². The number of rotatable bonds is 2. The Hall–Kier alpha value is -1.85. The van der Waals surface area contributed by atoms with Crippen molar-refractivity contribution >= 4 is 12.0 Å². The zero-order valence-electron chi connectivity index (χ0n) is 7.45. The number of primary amides is 1. The number of nitrogens with zero attached hydrogens (tertiary/aromatic N) is 1. The maximum absolute atomic E-state index is 12.1. The first-order valence-electron chi connectivity index (χ1n) is 3.90. The maximum atomic E-state index is 12.1. The van der Waals surface area contributed by atoms with Gasteiger partial charge in [0.25, 0.3) is 0 Å². The topological polar surface area (TPSA) is 56.0 Å². The summed E-state index contributed by atoms with van der Waals surface area (Å²) in [4.78, 5) is 13.8.